The van der Waals surface area contributed by atoms with Crippen molar-refractivity contribution in [3.63, 3.8) is 0 Å². The van der Waals surface area contributed by atoms with E-state index in [0.29, 0.717) is 0 Å². The quantitative estimate of drug-likeness (QED) is 0.351. The normalized spacial score (nSPS) is 20.8. The summed E-state index contributed by atoms with van der Waals surface area (Å²) in [6, 6.07) is 0.212. The van der Waals surface area contributed by atoms with Crippen LogP contribution in [-0.4, -0.2) is 39.9 Å². The summed E-state index contributed by atoms with van der Waals surface area (Å²) >= 11 is 0. The summed E-state index contributed by atoms with van der Waals surface area (Å²) in [4.78, 5) is 13.0. The first-order valence-electron chi connectivity index (χ1n) is 9.49. The Labute approximate surface area is 159 Å². The predicted molar refractivity (Wildman–Crippen MR) is 113 cm³/mol. The van der Waals surface area contributed by atoms with Crippen LogP contribution in [-0.2, 0) is 9.22 Å². The molecular formula is C20H40NO2Si2. The molecule has 1 heterocycles. The van der Waals surface area contributed by atoms with Crippen LogP contribution >= 0.6 is 0 Å². The van der Waals surface area contributed by atoms with Gasteiger partial charge in [0, 0.05) is 5.57 Å². The Kier molecular flexibility index (Phi) is 6.63. The lowest BCUT2D eigenvalue weighted by atomic mass is 9.81. The van der Waals surface area contributed by atoms with Gasteiger partial charge in [-0.2, -0.15) is 0 Å². The van der Waals surface area contributed by atoms with Gasteiger partial charge >= 0.3 is 0 Å². The monoisotopic (exact) mass is 382 g/mol. The zero-order valence-electron chi connectivity index (χ0n) is 18.6. The van der Waals surface area contributed by atoms with Crippen molar-refractivity contribution in [2.45, 2.75) is 105 Å². The van der Waals surface area contributed by atoms with E-state index in [-0.39, 0.29) is 28.5 Å². The largest absolute Gasteiger partial charge is 0.414 e. The second-order valence-corrected chi connectivity index (χ2v) is 17.7. The van der Waals surface area contributed by atoms with Crippen LogP contribution in [0.3, 0.4) is 0 Å². The molecule has 145 valence electrons. The van der Waals surface area contributed by atoms with E-state index < -0.39 is 17.3 Å². The Hall–Kier alpha value is -0.396. The van der Waals surface area contributed by atoms with Gasteiger partial charge in [-0.05, 0) is 43.8 Å². The fourth-order valence-corrected chi connectivity index (χ4v) is 6.70. The number of β-lactam (4-membered cyclic amide) rings is 1. The second kappa shape index (κ2) is 7.31. The molecule has 3 nitrogen and oxygen atoms in total. The van der Waals surface area contributed by atoms with Crippen molar-refractivity contribution in [1.29, 1.82) is 0 Å². The summed E-state index contributed by atoms with van der Waals surface area (Å²) in [7, 11) is -2.68. The lowest BCUT2D eigenvalue weighted by molar-refractivity contribution is -0.132. The minimum atomic E-state index is -1.90. The van der Waals surface area contributed by atoms with Gasteiger partial charge in [-0.15, -0.1) is 0 Å². The first-order chi connectivity index (χ1) is 11.0. The van der Waals surface area contributed by atoms with Crippen LogP contribution in [0.5, 0.6) is 0 Å². The van der Waals surface area contributed by atoms with Crippen molar-refractivity contribution >= 4 is 23.2 Å². The van der Waals surface area contributed by atoms with Gasteiger partial charge in [-0.3, -0.25) is 4.79 Å². The molecule has 0 aromatic heterocycles. The molecule has 5 heteroatoms. The van der Waals surface area contributed by atoms with Crippen molar-refractivity contribution in [2.24, 2.45) is 5.41 Å². The molecule has 25 heavy (non-hydrogen) atoms. The standard InChI is InChI=1S/C20H40NO2Si2/c1-14(2)17-15(13-16(19(3,4)5)23-24(9)10)21(18(17)22)25(11,12)20(6,7)8/h15-16H,13H2,1-12H3/t15-,16?/m1/s1. The molecule has 0 aromatic rings. The van der Waals surface area contributed by atoms with E-state index in [0.717, 1.165) is 17.6 Å². The van der Waals surface area contributed by atoms with Gasteiger partial charge in [0.25, 0.3) is 0 Å². The molecule has 0 N–H and O–H groups in total. The first kappa shape index (κ1) is 22.6. The van der Waals surface area contributed by atoms with Gasteiger partial charge in [0.1, 0.15) is 0 Å². The maximum atomic E-state index is 13.0. The molecule has 1 aliphatic rings. The topological polar surface area (TPSA) is 29.5 Å². The average Bonchev–Trinajstić information content (AvgIpc) is 2.32. The Bertz CT molecular complexity index is 535. The van der Waals surface area contributed by atoms with Crippen LogP contribution in [0.2, 0.25) is 31.2 Å². The lowest BCUT2D eigenvalue weighted by Crippen LogP contribution is -2.70. The smallest absolute Gasteiger partial charge is 0.244 e. The fourth-order valence-electron chi connectivity index (χ4n) is 3.32. The number of hydrogen-bond acceptors (Lipinski definition) is 2. The van der Waals surface area contributed by atoms with Crippen molar-refractivity contribution in [2.75, 3.05) is 0 Å². The van der Waals surface area contributed by atoms with E-state index >= 15 is 0 Å². The molecule has 0 aliphatic carbocycles. The Morgan fingerprint density at radius 3 is 1.96 bits per heavy atom. The van der Waals surface area contributed by atoms with Crippen LogP contribution in [0.15, 0.2) is 11.1 Å². The molecule has 1 aliphatic heterocycles. The number of carbonyl (C=O) groups excluding carboxylic acids is 1. The number of nitrogens with zero attached hydrogens (tertiary/aromatic N) is 1. The third-order valence-corrected chi connectivity index (χ3v) is 12.0. The van der Waals surface area contributed by atoms with Crippen molar-refractivity contribution in [3.05, 3.63) is 11.1 Å². The maximum Gasteiger partial charge on any atom is 0.244 e. The van der Waals surface area contributed by atoms with Gasteiger partial charge in [0.15, 0.2) is 8.24 Å². The minimum absolute atomic E-state index is 0.0758. The number of allylic oxidation sites excluding steroid dienone is 1. The Morgan fingerprint density at radius 2 is 1.64 bits per heavy atom. The summed E-state index contributed by atoms with van der Waals surface area (Å²) in [6.07, 6.45) is 1.09. The van der Waals surface area contributed by atoms with Gasteiger partial charge < -0.3 is 8.99 Å². The molecule has 1 saturated heterocycles. The van der Waals surface area contributed by atoms with Crippen LogP contribution in [0.25, 0.3) is 0 Å². The van der Waals surface area contributed by atoms with Crippen LogP contribution in [0.4, 0.5) is 0 Å². The Balaban J connectivity index is 3.26. The van der Waals surface area contributed by atoms with E-state index in [1.807, 2.05) is 0 Å². The predicted octanol–water partition coefficient (Wildman–Crippen LogP) is 5.61. The summed E-state index contributed by atoms with van der Waals surface area (Å²) < 4.78 is 8.65. The van der Waals surface area contributed by atoms with Crippen LogP contribution in [0.1, 0.15) is 61.8 Å². The molecule has 0 spiro atoms. The minimum Gasteiger partial charge on any atom is -0.414 e. The van der Waals surface area contributed by atoms with E-state index in [2.05, 4.69) is 86.1 Å². The average molecular weight is 383 g/mol. The zero-order chi connectivity index (χ0) is 20.0. The summed E-state index contributed by atoms with van der Waals surface area (Å²) in [5, 5.41) is 0.149. The highest BCUT2D eigenvalue weighted by Crippen LogP contribution is 2.47. The molecule has 0 bridgehead atoms. The van der Waals surface area contributed by atoms with Gasteiger partial charge in [0.05, 0.1) is 12.1 Å². The van der Waals surface area contributed by atoms with Crippen LogP contribution in [0, 0.1) is 5.41 Å². The fraction of sp³-hybridized carbons (Fsp3) is 0.850. The van der Waals surface area contributed by atoms with Gasteiger partial charge in [-0.1, -0.05) is 60.2 Å². The van der Waals surface area contributed by atoms with E-state index in [9.17, 15) is 4.79 Å². The zero-order valence-corrected chi connectivity index (χ0v) is 20.6. The molecule has 1 fully saturated rings. The first-order valence-corrected chi connectivity index (χ1v) is 14.8. The highest BCUT2D eigenvalue weighted by Gasteiger charge is 2.55. The maximum absolute atomic E-state index is 13.0. The van der Waals surface area contributed by atoms with Gasteiger partial charge in [0.2, 0.25) is 14.9 Å². The Morgan fingerprint density at radius 1 is 1.16 bits per heavy atom. The van der Waals surface area contributed by atoms with E-state index in [1.54, 1.807) is 0 Å². The van der Waals surface area contributed by atoms with E-state index in [4.69, 9.17) is 4.43 Å². The highest BCUT2D eigenvalue weighted by molar-refractivity contribution is 6.80. The van der Waals surface area contributed by atoms with E-state index in [1.165, 1.54) is 0 Å². The molecule has 0 saturated carbocycles. The van der Waals surface area contributed by atoms with Gasteiger partial charge in [-0.25, -0.2) is 0 Å². The lowest BCUT2D eigenvalue weighted by Gasteiger charge is -2.57. The molecule has 1 amide bonds. The molecule has 1 radical (unpaired) electrons. The highest BCUT2D eigenvalue weighted by atomic mass is 28.3. The number of rotatable bonds is 5. The summed E-state index contributed by atoms with van der Waals surface area (Å²) in [5.74, 6) is 0.266. The number of carbonyl (C=O) groups is 1. The number of amides is 1. The molecule has 1 rings (SSSR count). The third kappa shape index (κ3) is 4.66. The van der Waals surface area contributed by atoms with Crippen molar-refractivity contribution < 1.29 is 9.22 Å². The molecule has 2 atom stereocenters. The number of hydrogen-bond donors (Lipinski definition) is 0. The molecular weight excluding hydrogens is 342 g/mol. The van der Waals surface area contributed by atoms with Crippen molar-refractivity contribution in [1.82, 2.24) is 4.57 Å². The summed E-state index contributed by atoms with van der Waals surface area (Å²) in [5.41, 5.74) is 2.27. The molecule has 1 unspecified atom stereocenters. The van der Waals surface area contributed by atoms with Crippen molar-refractivity contribution in [3.8, 4) is 0 Å². The van der Waals surface area contributed by atoms with Crippen LogP contribution < -0.4 is 0 Å². The second-order valence-electron chi connectivity index (χ2n) is 10.5. The SMILES string of the molecule is CC(C)=C1C(=O)N([Si](C)(C)C(C)(C)C)[C@@H]1CC(O[Si](C)C)C(C)(C)C. The summed E-state index contributed by atoms with van der Waals surface area (Å²) in [6.45, 7) is 26.8. The third-order valence-electron chi connectivity index (χ3n) is 5.85. The molecule has 0 aromatic carbocycles.